The summed E-state index contributed by atoms with van der Waals surface area (Å²) in [6.07, 6.45) is 1.13. The van der Waals surface area contributed by atoms with Crippen molar-refractivity contribution < 1.29 is 18.9 Å². The number of amides is 3. The number of hydrogen-bond donors (Lipinski definition) is 2. The summed E-state index contributed by atoms with van der Waals surface area (Å²) in [6.45, 7) is 1.62. The second kappa shape index (κ2) is 7.10. The lowest BCUT2D eigenvalue weighted by molar-refractivity contribution is -0.385. The average molecular weight is 340 g/mol. The van der Waals surface area contributed by atoms with Gasteiger partial charge in [-0.2, -0.15) is 5.26 Å². The van der Waals surface area contributed by atoms with Crippen LogP contribution < -0.4 is 11.1 Å². The number of urea groups is 1. The predicted molar refractivity (Wildman–Crippen MR) is 86.9 cm³/mol. The van der Waals surface area contributed by atoms with Gasteiger partial charge in [0.25, 0.3) is 11.6 Å². The van der Waals surface area contributed by atoms with E-state index in [0.717, 1.165) is 6.08 Å². The van der Waals surface area contributed by atoms with E-state index in [4.69, 9.17) is 15.4 Å². The van der Waals surface area contributed by atoms with Crippen molar-refractivity contribution in [1.82, 2.24) is 5.32 Å². The van der Waals surface area contributed by atoms with E-state index in [1.54, 1.807) is 36.5 Å². The molecule has 0 spiro atoms. The van der Waals surface area contributed by atoms with Crippen LogP contribution in [-0.2, 0) is 4.79 Å². The summed E-state index contributed by atoms with van der Waals surface area (Å²) in [4.78, 5) is 32.8. The van der Waals surface area contributed by atoms with Crippen molar-refractivity contribution in [2.45, 2.75) is 6.92 Å². The molecule has 0 saturated carbocycles. The highest BCUT2D eigenvalue weighted by molar-refractivity contribution is 6.08. The van der Waals surface area contributed by atoms with Crippen LogP contribution in [-0.4, -0.2) is 16.9 Å². The molecule has 0 atom stereocenters. The third-order valence-electron chi connectivity index (χ3n) is 3.21. The summed E-state index contributed by atoms with van der Waals surface area (Å²) in [5.41, 5.74) is 5.37. The number of imide groups is 1. The number of carbonyl (C=O) groups excluding carboxylic acids is 2. The molecule has 2 rings (SSSR count). The molecule has 0 unspecified atom stereocenters. The number of aryl methyl sites for hydroxylation is 1. The van der Waals surface area contributed by atoms with Crippen LogP contribution in [0.25, 0.3) is 17.4 Å². The number of nitriles is 1. The molecule has 0 fully saturated rings. The highest BCUT2D eigenvalue weighted by Gasteiger charge is 2.15. The third-order valence-corrected chi connectivity index (χ3v) is 3.21. The van der Waals surface area contributed by atoms with Gasteiger partial charge in [0.2, 0.25) is 0 Å². The number of hydrogen-bond acceptors (Lipinski definition) is 6. The zero-order chi connectivity index (χ0) is 18.6. The monoisotopic (exact) mass is 340 g/mol. The number of furan rings is 1. The van der Waals surface area contributed by atoms with Gasteiger partial charge < -0.3 is 10.2 Å². The lowest BCUT2D eigenvalue weighted by Crippen LogP contribution is -2.35. The standard InChI is InChI=1S/C16H12N4O5/c1-9-2-3-10(7-13(9)20(23)24)14-5-4-12(25-14)6-11(8-17)15(21)19-16(18)22/h2-7H,1H3,(H3,18,19,21,22)/b11-6-. The zero-order valence-corrected chi connectivity index (χ0v) is 13.0. The van der Waals surface area contributed by atoms with Crippen LogP contribution >= 0.6 is 0 Å². The molecule has 126 valence electrons. The molecule has 0 aliphatic heterocycles. The second-order valence-electron chi connectivity index (χ2n) is 4.95. The van der Waals surface area contributed by atoms with E-state index < -0.39 is 16.9 Å². The van der Waals surface area contributed by atoms with E-state index in [1.165, 1.54) is 12.1 Å². The Kier molecular flexibility index (Phi) is 4.95. The number of primary amides is 1. The van der Waals surface area contributed by atoms with Crippen LogP contribution in [0.3, 0.4) is 0 Å². The quantitative estimate of drug-likeness (QED) is 0.377. The molecule has 2 aromatic rings. The molecule has 1 aromatic heterocycles. The summed E-state index contributed by atoms with van der Waals surface area (Å²) in [6, 6.07) is 8.18. The normalized spacial score (nSPS) is 10.8. The first-order valence-electron chi connectivity index (χ1n) is 6.89. The number of nitro groups is 1. The molecule has 0 aliphatic carbocycles. The third kappa shape index (κ3) is 4.08. The van der Waals surface area contributed by atoms with Gasteiger partial charge >= 0.3 is 6.03 Å². The Labute approximate surface area is 141 Å². The molecule has 0 saturated heterocycles. The molecule has 1 heterocycles. The lowest BCUT2D eigenvalue weighted by Gasteiger charge is -2.00. The maximum atomic E-state index is 11.6. The van der Waals surface area contributed by atoms with Crippen LogP contribution in [0.1, 0.15) is 11.3 Å². The van der Waals surface area contributed by atoms with Gasteiger partial charge in [-0.05, 0) is 19.1 Å². The van der Waals surface area contributed by atoms with Gasteiger partial charge in [0.1, 0.15) is 23.2 Å². The van der Waals surface area contributed by atoms with E-state index in [-0.39, 0.29) is 17.0 Å². The molecule has 9 nitrogen and oxygen atoms in total. The fourth-order valence-electron chi connectivity index (χ4n) is 2.01. The summed E-state index contributed by atoms with van der Waals surface area (Å²) in [5.74, 6) is -0.477. The SMILES string of the molecule is Cc1ccc(-c2ccc(/C=C(/C#N)C(=O)NC(N)=O)o2)cc1[N+](=O)[O-]. The zero-order valence-electron chi connectivity index (χ0n) is 13.0. The Morgan fingerprint density at radius 3 is 2.68 bits per heavy atom. The predicted octanol–water partition coefficient (Wildman–Crippen LogP) is 2.27. The number of rotatable bonds is 4. The van der Waals surface area contributed by atoms with Crippen molar-refractivity contribution in [3.05, 3.63) is 57.3 Å². The first kappa shape index (κ1) is 17.4. The van der Waals surface area contributed by atoms with E-state index in [0.29, 0.717) is 16.9 Å². The lowest BCUT2D eigenvalue weighted by atomic mass is 10.1. The van der Waals surface area contributed by atoms with Gasteiger partial charge in [-0.3, -0.25) is 20.2 Å². The molecule has 25 heavy (non-hydrogen) atoms. The summed E-state index contributed by atoms with van der Waals surface area (Å²) < 4.78 is 5.49. The maximum absolute atomic E-state index is 11.6. The molecule has 0 bridgehead atoms. The highest BCUT2D eigenvalue weighted by Crippen LogP contribution is 2.28. The molecule has 0 aliphatic rings. The van der Waals surface area contributed by atoms with E-state index >= 15 is 0 Å². The van der Waals surface area contributed by atoms with Crippen molar-refractivity contribution in [1.29, 1.82) is 5.26 Å². The molecule has 3 amide bonds. The molecule has 1 aromatic carbocycles. The number of benzene rings is 1. The van der Waals surface area contributed by atoms with Crippen molar-refractivity contribution in [2.75, 3.05) is 0 Å². The van der Waals surface area contributed by atoms with Crippen molar-refractivity contribution in [3.8, 4) is 17.4 Å². The first-order valence-corrected chi connectivity index (χ1v) is 6.89. The fraction of sp³-hybridized carbons (Fsp3) is 0.0625. The van der Waals surface area contributed by atoms with Gasteiger partial charge in [-0.15, -0.1) is 0 Å². The number of nitrogens with two attached hydrogens (primary N) is 1. The molecule has 0 radical (unpaired) electrons. The van der Waals surface area contributed by atoms with E-state index in [2.05, 4.69) is 0 Å². The first-order chi connectivity index (χ1) is 11.8. The molecule has 9 heteroatoms. The van der Waals surface area contributed by atoms with Crippen molar-refractivity contribution in [3.63, 3.8) is 0 Å². The van der Waals surface area contributed by atoms with Gasteiger partial charge in [0.15, 0.2) is 0 Å². The number of nitrogens with zero attached hydrogens (tertiary/aromatic N) is 2. The minimum Gasteiger partial charge on any atom is -0.457 e. The second-order valence-corrected chi connectivity index (χ2v) is 4.95. The van der Waals surface area contributed by atoms with E-state index in [9.17, 15) is 19.7 Å². The Morgan fingerprint density at radius 2 is 2.08 bits per heavy atom. The number of nitrogens with one attached hydrogen (secondary N) is 1. The number of nitro benzene ring substituents is 1. The largest absolute Gasteiger partial charge is 0.457 e. The van der Waals surface area contributed by atoms with Gasteiger partial charge in [0, 0.05) is 23.3 Å². The summed E-state index contributed by atoms with van der Waals surface area (Å²) in [5, 5.41) is 21.8. The Morgan fingerprint density at radius 1 is 1.36 bits per heavy atom. The van der Waals surface area contributed by atoms with Crippen LogP contribution in [0.5, 0.6) is 0 Å². The smallest absolute Gasteiger partial charge is 0.319 e. The topological polar surface area (TPSA) is 152 Å². The van der Waals surface area contributed by atoms with Crippen molar-refractivity contribution >= 4 is 23.7 Å². The number of carbonyl (C=O) groups is 2. The van der Waals surface area contributed by atoms with Crippen LogP contribution in [0.4, 0.5) is 10.5 Å². The minimum absolute atomic E-state index is 0.0514. The van der Waals surface area contributed by atoms with Crippen LogP contribution in [0.2, 0.25) is 0 Å². The highest BCUT2D eigenvalue weighted by atomic mass is 16.6. The van der Waals surface area contributed by atoms with E-state index in [1.807, 2.05) is 0 Å². The summed E-state index contributed by atoms with van der Waals surface area (Å²) >= 11 is 0. The fourth-order valence-corrected chi connectivity index (χ4v) is 2.01. The van der Waals surface area contributed by atoms with Gasteiger partial charge in [0.05, 0.1) is 4.92 Å². The molecule has 3 N–H and O–H groups in total. The minimum atomic E-state index is -1.08. The summed E-state index contributed by atoms with van der Waals surface area (Å²) in [7, 11) is 0. The molecular weight excluding hydrogens is 328 g/mol. The van der Waals surface area contributed by atoms with Gasteiger partial charge in [-0.25, -0.2) is 4.79 Å². The Hall–Kier alpha value is -3.93. The van der Waals surface area contributed by atoms with Crippen LogP contribution in [0.15, 0.2) is 40.3 Å². The van der Waals surface area contributed by atoms with Crippen LogP contribution in [0, 0.1) is 28.4 Å². The van der Waals surface area contributed by atoms with Gasteiger partial charge in [-0.1, -0.05) is 12.1 Å². The maximum Gasteiger partial charge on any atom is 0.319 e. The van der Waals surface area contributed by atoms with Crippen molar-refractivity contribution in [2.24, 2.45) is 5.73 Å². The average Bonchev–Trinajstić information content (AvgIpc) is 3.00. The molecular formula is C16H12N4O5. The Bertz CT molecular complexity index is 936. The Balaban J connectivity index is 2.34.